The minimum absolute atomic E-state index is 0.202. The standard InChI is InChI=1S/C14H17Cl2N3O/c1-14(2-4-20-5-3-14)9-19-12(7-15)18-11-6-10(16)8-17-13(11)19/h6,8H,2-5,7,9H2,1H3. The molecule has 108 valence electrons. The van der Waals surface area contributed by atoms with Gasteiger partial charge in [-0.25, -0.2) is 9.97 Å². The molecule has 3 heterocycles. The monoisotopic (exact) mass is 313 g/mol. The summed E-state index contributed by atoms with van der Waals surface area (Å²) in [7, 11) is 0. The molecule has 0 bridgehead atoms. The van der Waals surface area contributed by atoms with Crippen LogP contribution in [0.2, 0.25) is 5.02 Å². The summed E-state index contributed by atoms with van der Waals surface area (Å²) in [5, 5.41) is 0.598. The Morgan fingerprint density at radius 1 is 1.40 bits per heavy atom. The van der Waals surface area contributed by atoms with E-state index in [-0.39, 0.29) is 5.41 Å². The molecule has 3 rings (SSSR count). The first-order valence-electron chi connectivity index (χ1n) is 6.76. The van der Waals surface area contributed by atoms with Crippen LogP contribution in [0.15, 0.2) is 12.3 Å². The Hall–Kier alpha value is -0.840. The van der Waals surface area contributed by atoms with Gasteiger partial charge in [-0.05, 0) is 24.3 Å². The van der Waals surface area contributed by atoms with Crippen LogP contribution in [0, 0.1) is 5.41 Å². The number of alkyl halides is 1. The van der Waals surface area contributed by atoms with Crippen molar-refractivity contribution < 1.29 is 4.74 Å². The number of nitrogens with zero attached hydrogens (tertiary/aromatic N) is 3. The molecule has 0 atom stereocenters. The largest absolute Gasteiger partial charge is 0.381 e. The van der Waals surface area contributed by atoms with Crippen LogP contribution in [0.25, 0.3) is 11.2 Å². The zero-order valence-corrected chi connectivity index (χ0v) is 12.9. The Morgan fingerprint density at radius 3 is 2.85 bits per heavy atom. The minimum Gasteiger partial charge on any atom is -0.381 e. The van der Waals surface area contributed by atoms with Gasteiger partial charge in [0.15, 0.2) is 5.65 Å². The molecule has 1 aliphatic rings. The second kappa shape index (κ2) is 5.51. The maximum atomic E-state index is 6.04. The van der Waals surface area contributed by atoms with Gasteiger partial charge in [-0.15, -0.1) is 11.6 Å². The summed E-state index contributed by atoms with van der Waals surface area (Å²) in [6.07, 6.45) is 3.75. The van der Waals surface area contributed by atoms with Crippen molar-refractivity contribution in [3.63, 3.8) is 0 Å². The van der Waals surface area contributed by atoms with Gasteiger partial charge in [0.1, 0.15) is 11.3 Å². The maximum absolute atomic E-state index is 6.04. The Bertz CT molecular complexity index is 620. The normalized spacial score (nSPS) is 18.6. The highest BCUT2D eigenvalue weighted by atomic mass is 35.5. The van der Waals surface area contributed by atoms with Gasteiger partial charge in [0.2, 0.25) is 0 Å². The van der Waals surface area contributed by atoms with Crippen molar-refractivity contribution in [2.45, 2.75) is 32.2 Å². The Morgan fingerprint density at radius 2 is 2.15 bits per heavy atom. The lowest BCUT2D eigenvalue weighted by Gasteiger charge is -2.34. The Balaban J connectivity index is 2.01. The highest BCUT2D eigenvalue weighted by Crippen LogP contribution is 2.33. The molecule has 0 N–H and O–H groups in total. The molecule has 0 spiro atoms. The fourth-order valence-corrected chi connectivity index (χ4v) is 3.06. The number of hydrogen-bond acceptors (Lipinski definition) is 3. The van der Waals surface area contributed by atoms with Crippen molar-refractivity contribution in [1.29, 1.82) is 0 Å². The van der Waals surface area contributed by atoms with Crippen LogP contribution in [-0.4, -0.2) is 27.7 Å². The number of aromatic nitrogens is 3. The Kier molecular flexibility index (Phi) is 3.89. The van der Waals surface area contributed by atoms with E-state index in [1.54, 1.807) is 6.20 Å². The summed E-state index contributed by atoms with van der Waals surface area (Å²) in [4.78, 5) is 8.97. The van der Waals surface area contributed by atoms with Crippen molar-refractivity contribution >= 4 is 34.4 Å². The molecule has 6 heteroatoms. The zero-order valence-electron chi connectivity index (χ0n) is 11.4. The summed E-state index contributed by atoms with van der Waals surface area (Å²) in [5.74, 6) is 1.23. The molecule has 1 fully saturated rings. The molecule has 2 aromatic rings. The van der Waals surface area contributed by atoms with Crippen LogP contribution in [0.5, 0.6) is 0 Å². The van der Waals surface area contributed by atoms with Crippen LogP contribution in [-0.2, 0) is 17.2 Å². The van der Waals surface area contributed by atoms with Crippen LogP contribution in [0.1, 0.15) is 25.6 Å². The van der Waals surface area contributed by atoms with E-state index >= 15 is 0 Å². The van der Waals surface area contributed by atoms with Gasteiger partial charge in [-0.1, -0.05) is 18.5 Å². The van der Waals surface area contributed by atoms with Crippen LogP contribution in [0.4, 0.5) is 0 Å². The SMILES string of the molecule is CC1(Cn2c(CCl)nc3cc(Cl)cnc32)CCOCC1. The maximum Gasteiger partial charge on any atom is 0.160 e. The molecule has 1 aliphatic heterocycles. The van der Waals surface area contributed by atoms with Crippen molar-refractivity contribution in [3.8, 4) is 0 Å². The van der Waals surface area contributed by atoms with Gasteiger partial charge in [0.05, 0.1) is 10.9 Å². The number of rotatable bonds is 3. The lowest BCUT2D eigenvalue weighted by atomic mass is 9.82. The van der Waals surface area contributed by atoms with E-state index in [9.17, 15) is 0 Å². The summed E-state index contributed by atoms with van der Waals surface area (Å²) >= 11 is 12.0. The molecular formula is C14H17Cl2N3O. The van der Waals surface area contributed by atoms with Crippen molar-refractivity contribution in [1.82, 2.24) is 14.5 Å². The molecule has 0 unspecified atom stereocenters. The smallest absolute Gasteiger partial charge is 0.160 e. The third-order valence-corrected chi connectivity index (χ3v) is 4.44. The number of imidazole rings is 1. The fraction of sp³-hybridized carbons (Fsp3) is 0.571. The van der Waals surface area contributed by atoms with Crippen molar-refractivity contribution in [3.05, 3.63) is 23.1 Å². The van der Waals surface area contributed by atoms with Gasteiger partial charge in [0.25, 0.3) is 0 Å². The van der Waals surface area contributed by atoms with Crippen LogP contribution >= 0.6 is 23.2 Å². The topological polar surface area (TPSA) is 39.9 Å². The second-order valence-electron chi connectivity index (χ2n) is 5.67. The summed E-state index contributed by atoms with van der Waals surface area (Å²) in [6, 6.07) is 1.84. The van der Waals surface area contributed by atoms with Gasteiger partial charge in [-0.3, -0.25) is 0 Å². The van der Waals surface area contributed by atoms with E-state index < -0.39 is 0 Å². The fourth-order valence-electron chi connectivity index (χ4n) is 2.71. The molecule has 0 aromatic carbocycles. The van der Waals surface area contributed by atoms with Crippen molar-refractivity contribution in [2.75, 3.05) is 13.2 Å². The third kappa shape index (κ3) is 2.65. The lowest BCUT2D eigenvalue weighted by Crippen LogP contribution is -2.31. The quantitative estimate of drug-likeness (QED) is 0.812. The zero-order chi connectivity index (χ0) is 14.2. The van der Waals surface area contributed by atoms with E-state index in [4.69, 9.17) is 27.9 Å². The first-order chi connectivity index (χ1) is 9.61. The van der Waals surface area contributed by atoms with Gasteiger partial charge in [-0.2, -0.15) is 0 Å². The summed E-state index contributed by atoms with van der Waals surface area (Å²) in [5.41, 5.74) is 1.87. The molecule has 0 amide bonds. The molecular weight excluding hydrogens is 297 g/mol. The Labute approximate surface area is 128 Å². The number of fused-ring (bicyclic) bond motifs is 1. The highest BCUT2D eigenvalue weighted by Gasteiger charge is 2.29. The molecule has 20 heavy (non-hydrogen) atoms. The highest BCUT2D eigenvalue weighted by molar-refractivity contribution is 6.31. The molecule has 1 saturated heterocycles. The molecule has 2 aromatic heterocycles. The average Bonchev–Trinajstić information content (AvgIpc) is 2.76. The molecule has 4 nitrogen and oxygen atoms in total. The van der Waals surface area contributed by atoms with Gasteiger partial charge in [0, 0.05) is 26.0 Å². The molecule has 0 aliphatic carbocycles. The molecule has 0 radical (unpaired) electrons. The average molecular weight is 314 g/mol. The molecule has 0 saturated carbocycles. The first kappa shape index (κ1) is 14.1. The minimum atomic E-state index is 0.202. The summed E-state index contributed by atoms with van der Waals surface area (Å²) in [6.45, 7) is 4.79. The van der Waals surface area contributed by atoms with E-state index in [0.29, 0.717) is 10.9 Å². The predicted molar refractivity (Wildman–Crippen MR) is 80.3 cm³/mol. The van der Waals surface area contributed by atoms with Crippen LogP contribution in [0.3, 0.4) is 0 Å². The second-order valence-corrected chi connectivity index (χ2v) is 6.37. The number of pyridine rings is 1. The third-order valence-electron chi connectivity index (χ3n) is 3.99. The van der Waals surface area contributed by atoms with Crippen LogP contribution < -0.4 is 0 Å². The van der Waals surface area contributed by atoms with E-state index in [0.717, 1.165) is 49.6 Å². The number of hydrogen-bond donors (Lipinski definition) is 0. The van der Waals surface area contributed by atoms with Crippen molar-refractivity contribution in [2.24, 2.45) is 5.41 Å². The summed E-state index contributed by atoms with van der Waals surface area (Å²) < 4.78 is 7.59. The number of halogens is 2. The number of ether oxygens (including phenoxy) is 1. The first-order valence-corrected chi connectivity index (χ1v) is 7.67. The predicted octanol–water partition coefficient (Wildman–Crippen LogP) is 3.64. The van der Waals surface area contributed by atoms with Gasteiger partial charge >= 0.3 is 0 Å². The van der Waals surface area contributed by atoms with E-state index in [2.05, 4.69) is 21.5 Å². The lowest BCUT2D eigenvalue weighted by molar-refractivity contribution is 0.0157. The van der Waals surface area contributed by atoms with Gasteiger partial charge < -0.3 is 9.30 Å². The van der Waals surface area contributed by atoms with E-state index in [1.165, 1.54) is 0 Å². The van der Waals surface area contributed by atoms with E-state index in [1.807, 2.05) is 6.07 Å².